The number of carboxylic acid groups (broad SMARTS) is 2. The summed E-state index contributed by atoms with van der Waals surface area (Å²) < 4.78 is 0. The Balaban J connectivity index is 1.19. The summed E-state index contributed by atoms with van der Waals surface area (Å²) in [4.78, 5) is 24.0. The van der Waals surface area contributed by atoms with E-state index >= 15 is 0 Å². The van der Waals surface area contributed by atoms with Crippen LogP contribution in [0.4, 0.5) is 0 Å². The maximum atomic E-state index is 12.0. The Morgan fingerprint density at radius 2 is 1.31 bits per heavy atom. The molecule has 0 aromatic heterocycles. The van der Waals surface area contributed by atoms with Gasteiger partial charge in [-0.2, -0.15) is 0 Å². The van der Waals surface area contributed by atoms with Crippen molar-refractivity contribution in [3.05, 3.63) is 62.6 Å². The lowest BCUT2D eigenvalue weighted by Crippen LogP contribution is -2.58. The van der Waals surface area contributed by atoms with Crippen molar-refractivity contribution >= 4 is 40.7 Å². The molecule has 0 saturated heterocycles. The Bertz CT molecular complexity index is 1710. The van der Waals surface area contributed by atoms with E-state index in [4.69, 9.17) is 23.2 Å². The number of benzene rings is 2. The zero-order valence-corrected chi connectivity index (χ0v) is 34.7. The molecule has 4 saturated carbocycles. The van der Waals surface area contributed by atoms with E-state index in [0.717, 1.165) is 36.0 Å². The Labute approximate surface area is 332 Å². The molecule has 6 rings (SSSR count). The molecule has 0 spiro atoms. The van der Waals surface area contributed by atoms with Crippen molar-refractivity contribution in [1.82, 2.24) is 0 Å². The van der Waals surface area contributed by atoms with Gasteiger partial charge in [-0.1, -0.05) is 90.1 Å². The Kier molecular flexibility index (Phi) is 11.9. The van der Waals surface area contributed by atoms with E-state index in [9.17, 15) is 30.0 Å². The maximum Gasteiger partial charge on any atom is 0.339 e. The zero-order valence-electron chi connectivity index (χ0n) is 33.2. The largest absolute Gasteiger partial charge is 0.505 e. The molecule has 9 atom stereocenters. The third kappa shape index (κ3) is 7.44. The van der Waals surface area contributed by atoms with Gasteiger partial charge < -0.3 is 20.4 Å². The maximum absolute atomic E-state index is 12.0. The standard InChI is InChI=1S/C46H62Cl2O6/c1-26(2)9-7-10-27(3)35-13-14-38-45(35,5)20-17-39-44(4)18-15-28(21-31(44)16-19-46(38,39)6)11-8-12-32(29-22-33(42(51)52)40(49)36(47)24-29)30-23-34(43(53)54)41(50)37(48)25-30/h12,22-28,31,35,38-39,49-50H,7-11,13-21H2,1-6H3,(H,51,52)(H,53,54)/t27-,28+,31+,35-,38-,39-,44+,45-,46+/m1/s1. The van der Waals surface area contributed by atoms with Crippen molar-refractivity contribution in [3.63, 3.8) is 0 Å². The van der Waals surface area contributed by atoms with Crippen LogP contribution in [0.3, 0.4) is 0 Å². The molecule has 4 aliphatic carbocycles. The minimum absolute atomic E-state index is 0.123. The number of hydrogen-bond acceptors (Lipinski definition) is 4. The number of aromatic carboxylic acids is 2. The lowest BCUT2D eigenvalue weighted by molar-refractivity contribution is -0.171. The van der Waals surface area contributed by atoms with Crippen LogP contribution in [-0.2, 0) is 0 Å². The Morgan fingerprint density at radius 1 is 0.759 bits per heavy atom. The summed E-state index contributed by atoms with van der Waals surface area (Å²) in [5, 5.41) is 40.0. The van der Waals surface area contributed by atoms with Gasteiger partial charge in [0, 0.05) is 0 Å². The molecule has 4 N–H and O–H groups in total. The third-order valence-corrected chi connectivity index (χ3v) is 16.3. The fourth-order valence-corrected chi connectivity index (χ4v) is 13.5. The SMILES string of the molecule is CC(C)CCC[C@@H](C)[C@H]1CC[C@H]2[C@]3(C)CC[C@H]4C[C@@H](CCC=C(c5cc(Cl)c(O)c(C(=O)O)c5)c5cc(Cl)c(O)c(C(=O)O)c5)CC[C@]4(C)[C@H]3CC[C@@]21C. The molecular formula is C46H62Cl2O6. The van der Waals surface area contributed by atoms with Crippen LogP contribution in [0, 0.1) is 57.7 Å². The minimum atomic E-state index is -1.33. The molecule has 296 valence electrons. The summed E-state index contributed by atoms with van der Waals surface area (Å²) in [5.41, 5.74) is 1.91. The topological polar surface area (TPSA) is 115 Å². The van der Waals surface area contributed by atoms with Gasteiger partial charge in [-0.3, -0.25) is 0 Å². The highest BCUT2D eigenvalue weighted by Crippen LogP contribution is 2.73. The number of hydrogen-bond donors (Lipinski definition) is 4. The number of halogens is 2. The first-order valence-electron chi connectivity index (χ1n) is 20.6. The van der Waals surface area contributed by atoms with Crippen molar-refractivity contribution in [1.29, 1.82) is 0 Å². The highest BCUT2D eigenvalue weighted by Gasteiger charge is 2.65. The van der Waals surface area contributed by atoms with E-state index in [2.05, 4.69) is 41.5 Å². The number of fused-ring (bicyclic) bond motifs is 5. The van der Waals surface area contributed by atoms with Crippen molar-refractivity contribution in [2.24, 2.45) is 57.7 Å². The molecule has 2 aromatic rings. The normalized spacial score (nSPS) is 32.4. The van der Waals surface area contributed by atoms with E-state index in [1.165, 1.54) is 101 Å². The van der Waals surface area contributed by atoms with Gasteiger partial charge in [0.15, 0.2) is 0 Å². The van der Waals surface area contributed by atoms with Crippen LogP contribution in [0.25, 0.3) is 5.57 Å². The summed E-state index contributed by atoms with van der Waals surface area (Å²) in [7, 11) is 0. The minimum Gasteiger partial charge on any atom is -0.505 e. The molecule has 2 aromatic carbocycles. The van der Waals surface area contributed by atoms with Gasteiger partial charge in [-0.15, -0.1) is 0 Å². The summed E-state index contributed by atoms with van der Waals surface area (Å²) >= 11 is 12.6. The lowest BCUT2D eigenvalue weighted by Gasteiger charge is -2.66. The van der Waals surface area contributed by atoms with Crippen molar-refractivity contribution in [2.75, 3.05) is 0 Å². The molecule has 0 radical (unpaired) electrons. The van der Waals surface area contributed by atoms with E-state index < -0.39 is 23.4 Å². The Morgan fingerprint density at radius 3 is 1.89 bits per heavy atom. The molecule has 8 heteroatoms. The molecule has 4 fully saturated rings. The van der Waals surface area contributed by atoms with Crippen molar-refractivity contribution < 1.29 is 30.0 Å². The van der Waals surface area contributed by atoms with Gasteiger partial charge in [-0.25, -0.2) is 9.59 Å². The lowest BCUT2D eigenvalue weighted by atomic mass is 9.39. The number of aromatic hydroxyl groups is 2. The summed E-state index contributed by atoms with van der Waals surface area (Å²) in [6.07, 6.45) is 19.6. The van der Waals surface area contributed by atoms with E-state index in [0.29, 0.717) is 51.2 Å². The van der Waals surface area contributed by atoms with Crippen LogP contribution in [0.2, 0.25) is 10.0 Å². The molecule has 4 aliphatic rings. The molecule has 0 bridgehead atoms. The first kappa shape index (κ1) is 40.9. The molecule has 6 nitrogen and oxygen atoms in total. The Hall–Kier alpha value is -2.70. The fraction of sp³-hybridized carbons (Fsp3) is 0.652. The third-order valence-electron chi connectivity index (χ3n) is 15.7. The quantitative estimate of drug-likeness (QED) is 0.170. The van der Waals surface area contributed by atoms with Crippen LogP contribution < -0.4 is 0 Å². The summed E-state index contributed by atoms with van der Waals surface area (Å²) in [6, 6.07) is 5.65. The summed E-state index contributed by atoms with van der Waals surface area (Å²) in [6.45, 7) is 15.3. The average molecular weight is 782 g/mol. The second kappa shape index (κ2) is 15.7. The number of rotatable bonds is 12. The van der Waals surface area contributed by atoms with Gasteiger partial charge >= 0.3 is 11.9 Å². The summed E-state index contributed by atoms with van der Waals surface area (Å²) in [5.74, 6) is 1.59. The number of allylic oxidation sites excluding steroid dienone is 1. The van der Waals surface area contributed by atoms with Crippen LogP contribution >= 0.6 is 23.2 Å². The van der Waals surface area contributed by atoms with Gasteiger partial charge in [0.25, 0.3) is 0 Å². The van der Waals surface area contributed by atoms with Crippen molar-refractivity contribution in [3.8, 4) is 11.5 Å². The molecule has 0 heterocycles. The number of carbonyl (C=O) groups is 2. The monoisotopic (exact) mass is 780 g/mol. The van der Waals surface area contributed by atoms with E-state index in [-0.39, 0.29) is 21.2 Å². The van der Waals surface area contributed by atoms with Gasteiger partial charge in [0.1, 0.15) is 22.6 Å². The van der Waals surface area contributed by atoms with Gasteiger partial charge in [0.2, 0.25) is 0 Å². The first-order valence-corrected chi connectivity index (χ1v) is 21.4. The average Bonchev–Trinajstić information content (AvgIpc) is 3.47. The molecule has 54 heavy (non-hydrogen) atoms. The molecule has 0 amide bonds. The van der Waals surface area contributed by atoms with Crippen LogP contribution in [0.15, 0.2) is 30.3 Å². The number of carboxylic acids is 2. The molecule has 0 aliphatic heterocycles. The molecular weight excluding hydrogens is 719 g/mol. The highest BCUT2D eigenvalue weighted by molar-refractivity contribution is 6.33. The zero-order chi connectivity index (χ0) is 39.3. The second-order valence-corrected chi connectivity index (χ2v) is 19.9. The predicted molar refractivity (Wildman–Crippen MR) is 218 cm³/mol. The van der Waals surface area contributed by atoms with Gasteiger partial charge in [0.05, 0.1) is 10.0 Å². The smallest absolute Gasteiger partial charge is 0.339 e. The molecule has 0 unspecified atom stereocenters. The van der Waals surface area contributed by atoms with Gasteiger partial charge in [-0.05, 0) is 169 Å². The first-order chi connectivity index (χ1) is 25.4. The van der Waals surface area contributed by atoms with Crippen LogP contribution in [0.1, 0.15) is 163 Å². The number of phenols is 2. The fourth-order valence-electron chi connectivity index (χ4n) is 13.0. The second-order valence-electron chi connectivity index (χ2n) is 19.0. The van der Waals surface area contributed by atoms with E-state index in [1.54, 1.807) is 0 Å². The highest BCUT2D eigenvalue weighted by atomic mass is 35.5. The van der Waals surface area contributed by atoms with Crippen LogP contribution in [-0.4, -0.2) is 32.4 Å². The van der Waals surface area contributed by atoms with E-state index in [1.807, 2.05) is 6.08 Å². The predicted octanol–water partition coefficient (Wildman–Crippen LogP) is 13.1. The van der Waals surface area contributed by atoms with Crippen LogP contribution in [0.5, 0.6) is 11.5 Å². The van der Waals surface area contributed by atoms with Crippen molar-refractivity contribution in [2.45, 2.75) is 131 Å².